The maximum absolute atomic E-state index is 5.95. The number of nitrogen functional groups attached to an aromatic ring is 1. The lowest BCUT2D eigenvalue weighted by atomic mass is 9.68. The molecule has 0 saturated heterocycles. The van der Waals surface area contributed by atoms with Gasteiger partial charge in [-0.05, 0) is 48.1 Å². The van der Waals surface area contributed by atoms with Crippen molar-refractivity contribution >= 4 is 11.5 Å². The molecule has 3 rings (SSSR count). The van der Waals surface area contributed by atoms with Crippen LogP contribution in [0.1, 0.15) is 40.0 Å². The Hall–Kier alpha value is -1.25. The third kappa shape index (κ3) is 1.53. The van der Waals surface area contributed by atoms with Gasteiger partial charge in [0.2, 0.25) is 0 Å². The van der Waals surface area contributed by atoms with Crippen molar-refractivity contribution in [3.63, 3.8) is 0 Å². The van der Waals surface area contributed by atoms with Crippen LogP contribution in [0.15, 0.2) is 18.3 Å². The fraction of sp³-hybridized carbons (Fsp3) is 0.667. The van der Waals surface area contributed by atoms with Gasteiger partial charge in [-0.1, -0.05) is 20.8 Å². The zero-order chi connectivity index (χ0) is 13.0. The minimum absolute atomic E-state index is 0.343. The number of nitrogens with zero attached hydrogens (tertiary/aromatic N) is 1. The molecule has 1 aromatic heterocycles. The average Bonchev–Trinajstić information content (AvgIpc) is 2.78. The molecule has 0 aliphatic heterocycles. The zero-order valence-electron chi connectivity index (χ0n) is 11.5. The fourth-order valence-electron chi connectivity index (χ4n) is 4.36. The van der Waals surface area contributed by atoms with Crippen LogP contribution in [0.4, 0.5) is 11.5 Å². The first-order chi connectivity index (χ1) is 8.43. The number of nitrogens with two attached hydrogens (primary N) is 1. The first kappa shape index (κ1) is 11.8. The summed E-state index contributed by atoms with van der Waals surface area (Å²) in [5, 5.41) is 3.68. The standard InChI is InChI=1S/C15H23N3/c1-14(2)10-6-7-15(3,9-10)13(14)18-11-5-4-8-17-12(11)16/h4-5,8,10,13,18H,6-7,9H2,1-3H3,(H2,16,17). The second-order valence-corrected chi connectivity index (χ2v) is 6.93. The minimum Gasteiger partial charge on any atom is -0.382 e. The van der Waals surface area contributed by atoms with Gasteiger partial charge in [0.05, 0.1) is 5.69 Å². The van der Waals surface area contributed by atoms with E-state index in [9.17, 15) is 0 Å². The summed E-state index contributed by atoms with van der Waals surface area (Å²) in [6.07, 6.45) is 5.80. The molecule has 3 N–H and O–H groups in total. The Morgan fingerprint density at radius 1 is 1.39 bits per heavy atom. The van der Waals surface area contributed by atoms with Crippen molar-refractivity contribution in [2.75, 3.05) is 11.1 Å². The van der Waals surface area contributed by atoms with Crippen LogP contribution in [0.25, 0.3) is 0 Å². The normalized spacial score (nSPS) is 36.8. The molecule has 98 valence electrons. The highest BCUT2D eigenvalue weighted by atomic mass is 15.0. The van der Waals surface area contributed by atoms with Gasteiger partial charge in [-0.2, -0.15) is 0 Å². The van der Waals surface area contributed by atoms with Crippen molar-refractivity contribution < 1.29 is 0 Å². The summed E-state index contributed by atoms with van der Waals surface area (Å²) >= 11 is 0. The van der Waals surface area contributed by atoms with Crippen LogP contribution in [0.2, 0.25) is 0 Å². The number of hydrogen-bond donors (Lipinski definition) is 2. The summed E-state index contributed by atoms with van der Waals surface area (Å²) in [6, 6.07) is 4.48. The lowest BCUT2D eigenvalue weighted by molar-refractivity contribution is 0.155. The maximum atomic E-state index is 5.95. The van der Waals surface area contributed by atoms with Crippen molar-refractivity contribution in [1.29, 1.82) is 0 Å². The van der Waals surface area contributed by atoms with E-state index in [0.717, 1.165) is 11.6 Å². The SMILES string of the molecule is CC12CCC(C1)C(C)(C)C2Nc1cccnc1N. The highest BCUT2D eigenvalue weighted by molar-refractivity contribution is 5.62. The molecule has 3 nitrogen and oxygen atoms in total. The molecule has 1 aromatic rings. The highest BCUT2D eigenvalue weighted by Gasteiger charge is 2.59. The molecular formula is C15H23N3. The number of pyridine rings is 1. The Labute approximate surface area is 109 Å². The van der Waals surface area contributed by atoms with Gasteiger partial charge in [-0.25, -0.2) is 4.98 Å². The van der Waals surface area contributed by atoms with E-state index in [2.05, 4.69) is 31.1 Å². The molecule has 2 fully saturated rings. The van der Waals surface area contributed by atoms with E-state index in [1.54, 1.807) is 6.20 Å². The first-order valence-electron chi connectivity index (χ1n) is 6.90. The van der Waals surface area contributed by atoms with Gasteiger partial charge in [0.15, 0.2) is 0 Å². The van der Waals surface area contributed by atoms with E-state index < -0.39 is 0 Å². The summed E-state index contributed by atoms with van der Waals surface area (Å²) in [6.45, 7) is 7.21. The maximum Gasteiger partial charge on any atom is 0.146 e. The van der Waals surface area contributed by atoms with Crippen molar-refractivity contribution in [3.05, 3.63) is 18.3 Å². The summed E-state index contributed by atoms with van der Waals surface area (Å²) in [5.74, 6) is 1.46. The largest absolute Gasteiger partial charge is 0.382 e. The molecular weight excluding hydrogens is 222 g/mol. The van der Waals surface area contributed by atoms with Gasteiger partial charge in [-0.15, -0.1) is 0 Å². The van der Waals surface area contributed by atoms with Crippen LogP contribution in [-0.4, -0.2) is 11.0 Å². The summed E-state index contributed by atoms with van der Waals surface area (Å²) in [7, 11) is 0. The van der Waals surface area contributed by atoms with E-state index in [0.29, 0.717) is 22.7 Å². The number of hydrogen-bond acceptors (Lipinski definition) is 3. The summed E-state index contributed by atoms with van der Waals surface area (Å²) < 4.78 is 0. The molecule has 1 heterocycles. The smallest absolute Gasteiger partial charge is 0.146 e. The number of rotatable bonds is 2. The lowest BCUT2D eigenvalue weighted by Gasteiger charge is -2.43. The molecule has 18 heavy (non-hydrogen) atoms. The van der Waals surface area contributed by atoms with Gasteiger partial charge < -0.3 is 11.1 Å². The van der Waals surface area contributed by atoms with E-state index in [1.807, 2.05) is 12.1 Å². The van der Waals surface area contributed by atoms with E-state index in [4.69, 9.17) is 5.73 Å². The monoisotopic (exact) mass is 245 g/mol. The predicted octanol–water partition coefficient (Wildman–Crippen LogP) is 3.29. The molecule has 0 amide bonds. The van der Waals surface area contributed by atoms with Crippen LogP contribution < -0.4 is 11.1 Å². The van der Waals surface area contributed by atoms with Gasteiger partial charge >= 0.3 is 0 Å². The van der Waals surface area contributed by atoms with Gasteiger partial charge in [0, 0.05) is 12.2 Å². The molecule has 3 heteroatoms. The Kier molecular flexibility index (Phi) is 2.38. The van der Waals surface area contributed by atoms with E-state index in [-0.39, 0.29) is 0 Å². The molecule has 2 aliphatic rings. The molecule has 0 spiro atoms. The molecule has 2 saturated carbocycles. The second kappa shape index (κ2) is 3.62. The zero-order valence-corrected chi connectivity index (χ0v) is 11.5. The first-order valence-corrected chi connectivity index (χ1v) is 6.90. The lowest BCUT2D eigenvalue weighted by Crippen LogP contribution is -2.45. The van der Waals surface area contributed by atoms with Crippen molar-refractivity contribution in [2.24, 2.45) is 16.7 Å². The summed E-state index contributed by atoms with van der Waals surface area (Å²) in [5.41, 5.74) is 7.70. The van der Waals surface area contributed by atoms with E-state index >= 15 is 0 Å². The van der Waals surface area contributed by atoms with Crippen molar-refractivity contribution in [1.82, 2.24) is 4.98 Å². The third-order valence-electron chi connectivity index (χ3n) is 5.41. The number of aromatic nitrogens is 1. The van der Waals surface area contributed by atoms with Crippen LogP contribution in [0.5, 0.6) is 0 Å². The third-order valence-corrected chi connectivity index (χ3v) is 5.41. The topological polar surface area (TPSA) is 50.9 Å². The second-order valence-electron chi connectivity index (χ2n) is 6.93. The fourth-order valence-corrected chi connectivity index (χ4v) is 4.36. The molecule has 0 aromatic carbocycles. The molecule has 2 aliphatic carbocycles. The van der Waals surface area contributed by atoms with Crippen molar-refractivity contribution in [3.8, 4) is 0 Å². The number of anilines is 2. The van der Waals surface area contributed by atoms with Crippen LogP contribution in [0, 0.1) is 16.7 Å². The molecule has 3 unspecified atom stereocenters. The quantitative estimate of drug-likeness (QED) is 0.840. The Balaban J connectivity index is 1.91. The van der Waals surface area contributed by atoms with Gasteiger partial charge in [0.25, 0.3) is 0 Å². The number of fused-ring (bicyclic) bond motifs is 2. The number of nitrogens with one attached hydrogen (secondary N) is 1. The Morgan fingerprint density at radius 2 is 2.17 bits per heavy atom. The Morgan fingerprint density at radius 3 is 2.78 bits per heavy atom. The molecule has 2 bridgehead atoms. The van der Waals surface area contributed by atoms with Crippen LogP contribution >= 0.6 is 0 Å². The van der Waals surface area contributed by atoms with Gasteiger partial charge in [-0.3, -0.25) is 0 Å². The van der Waals surface area contributed by atoms with Crippen molar-refractivity contribution in [2.45, 2.75) is 46.1 Å². The van der Waals surface area contributed by atoms with Crippen LogP contribution in [0.3, 0.4) is 0 Å². The van der Waals surface area contributed by atoms with Crippen LogP contribution in [-0.2, 0) is 0 Å². The summed E-state index contributed by atoms with van der Waals surface area (Å²) in [4.78, 5) is 4.17. The Bertz CT molecular complexity index is 464. The van der Waals surface area contributed by atoms with E-state index in [1.165, 1.54) is 19.3 Å². The molecule has 0 radical (unpaired) electrons. The minimum atomic E-state index is 0.343. The van der Waals surface area contributed by atoms with Gasteiger partial charge in [0.1, 0.15) is 5.82 Å². The average molecular weight is 245 g/mol. The molecule has 3 atom stereocenters. The predicted molar refractivity (Wildman–Crippen MR) is 75.3 cm³/mol. The highest BCUT2D eigenvalue weighted by Crippen LogP contribution is 2.63.